The second-order valence-corrected chi connectivity index (χ2v) is 6.25. The number of halogens is 2. The van der Waals surface area contributed by atoms with Gasteiger partial charge in [-0.2, -0.15) is 0 Å². The van der Waals surface area contributed by atoms with Gasteiger partial charge in [0.1, 0.15) is 12.4 Å². The van der Waals surface area contributed by atoms with Crippen LogP contribution in [0.4, 0.5) is 5.69 Å². The number of ether oxygens (including phenoxy) is 1. The highest BCUT2D eigenvalue weighted by molar-refractivity contribution is 5.92. The second kappa shape index (κ2) is 11.1. The van der Waals surface area contributed by atoms with Crippen LogP contribution in [0.3, 0.4) is 0 Å². The van der Waals surface area contributed by atoms with Crippen molar-refractivity contribution in [2.45, 2.75) is 38.3 Å². The zero-order valence-electron chi connectivity index (χ0n) is 14.5. The Labute approximate surface area is 166 Å². The Balaban J connectivity index is 0.00000169. The normalized spacial score (nSPS) is 18.5. The van der Waals surface area contributed by atoms with Crippen molar-refractivity contribution in [2.24, 2.45) is 11.7 Å². The van der Waals surface area contributed by atoms with E-state index in [-0.39, 0.29) is 36.8 Å². The summed E-state index contributed by atoms with van der Waals surface area (Å²) in [6.07, 6.45) is 9.03. The minimum atomic E-state index is 0. The predicted octanol–water partition coefficient (Wildman–Crippen LogP) is 3.26. The molecule has 2 aromatic rings. The molecule has 6 nitrogen and oxygen atoms in total. The molecule has 1 aliphatic carbocycles. The fraction of sp³-hybridized carbons (Fsp3) is 0.444. The van der Waals surface area contributed by atoms with Crippen LogP contribution in [-0.4, -0.2) is 28.1 Å². The summed E-state index contributed by atoms with van der Waals surface area (Å²) in [6.45, 7) is 1.22. The maximum absolute atomic E-state index is 12.3. The molecule has 0 spiro atoms. The van der Waals surface area contributed by atoms with Gasteiger partial charge in [-0.25, -0.2) is 4.98 Å². The number of hydrogen-bond acceptors (Lipinski definition) is 4. The molecule has 26 heavy (non-hydrogen) atoms. The molecule has 0 saturated heterocycles. The summed E-state index contributed by atoms with van der Waals surface area (Å²) in [5.41, 5.74) is 6.76. The van der Waals surface area contributed by atoms with Gasteiger partial charge in [0.2, 0.25) is 5.91 Å². The molecule has 1 amide bonds. The van der Waals surface area contributed by atoms with Crippen molar-refractivity contribution in [2.75, 3.05) is 11.9 Å². The van der Waals surface area contributed by atoms with Gasteiger partial charge in [-0.1, -0.05) is 18.6 Å². The number of carbonyl (C=O) groups excluding carboxylic acids is 1. The number of para-hydroxylation sites is 2. The highest BCUT2D eigenvalue weighted by atomic mass is 35.5. The summed E-state index contributed by atoms with van der Waals surface area (Å²) in [5.74, 6) is 0.976. The predicted molar refractivity (Wildman–Crippen MR) is 107 cm³/mol. The quantitative estimate of drug-likeness (QED) is 0.746. The number of benzene rings is 1. The second-order valence-electron chi connectivity index (χ2n) is 6.25. The van der Waals surface area contributed by atoms with Gasteiger partial charge in [0.15, 0.2) is 0 Å². The fourth-order valence-electron chi connectivity index (χ4n) is 3.13. The first-order valence-corrected chi connectivity index (χ1v) is 8.45. The molecule has 1 heterocycles. The molecule has 0 unspecified atom stereocenters. The standard InChI is InChI=1S/C18H24N4O2.2ClH/c19-15-5-3-4-14(15)12-18(23)21-16-6-1-2-7-17(16)24-11-10-22-9-8-20-13-22;;/h1-2,6-9,13-15H,3-5,10-12,19H2,(H,21,23);2*1H/t14-,15+;;/m0../s1. The number of nitrogens with two attached hydrogens (primary N) is 1. The van der Waals surface area contributed by atoms with E-state index in [9.17, 15) is 4.79 Å². The Kier molecular flexibility index (Phi) is 9.48. The van der Waals surface area contributed by atoms with Crippen LogP contribution in [-0.2, 0) is 11.3 Å². The lowest BCUT2D eigenvalue weighted by atomic mass is 10.00. The number of hydrogen-bond donors (Lipinski definition) is 2. The first-order valence-electron chi connectivity index (χ1n) is 8.45. The molecule has 8 heteroatoms. The molecule has 1 saturated carbocycles. The van der Waals surface area contributed by atoms with E-state index < -0.39 is 0 Å². The Morgan fingerprint density at radius 2 is 2.12 bits per heavy atom. The van der Waals surface area contributed by atoms with Crippen molar-refractivity contribution < 1.29 is 9.53 Å². The lowest BCUT2D eigenvalue weighted by molar-refractivity contribution is -0.117. The van der Waals surface area contributed by atoms with Crippen LogP contribution < -0.4 is 15.8 Å². The van der Waals surface area contributed by atoms with Crippen LogP contribution in [0.25, 0.3) is 0 Å². The lowest BCUT2D eigenvalue weighted by Crippen LogP contribution is -2.28. The molecule has 0 radical (unpaired) electrons. The average Bonchev–Trinajstić information content (AvgIpc) is 3.22. The molecule has 1 fully saturated rings. The summed E-state index contributed by atoms with van der Waals surface area (Å²) in [5, 5.41) is 2.96. The number of aromatic nitrogens is 2. The number of nitrogens with zero attached hydrogens (tertiary/aromatic N) is 2. The van der Waals surface area contributed by atoms with Gasteiger partial charge < -0.3 is 20.4 Å². The fourth-order valence-corrected chi connectivity index (χ4v) is 3.13. The molecule has 1 aromatic carbocycles. The number of anilines is 1. The van der Waals surface area contributed by atoms with Gasteiger partial charge in [-0.15, -0.1) is 24.8 Å². The van der Waals surface area contributed by atoms with E-state index in [1.54, 1.807) is 12.5 Å². The van der Waals surface area contributed by atoms with Crippen LogP contribution in [0, 0.1) is 5.92 Å². The van der Waals surface area contributed by atoms with Gasteiger partial charge in [0.25, 0.3) is 0 Å². The minimum Gasteiger partial charge on any atom is -0.490 e. The van der Waals surface area contributed by atoms with Gasteiger partial charge in [-0.3, -0.25) is 4.79 Å². The number of carbonyl (C=O) groups is 1. The molecule has 0 bridgehead atoms. The van der Waals surface area contributed by atoms with Crippen molar-refractivity contribution >= 4 is 36.4 Å². The third-order valence-corrected chi connectivity index (χ3v) is 4.49. The summed E-state index contributed by atoms with van der Waals surface area (Å²) < 4.78 is 7.76. The van der Waals surface area contributed by atoms with Gasteiger partial charge in [0.05, 0.1) is 18.6 Å². The van der Waals surface area contributed by atoms with E-state index >= 15 is 0 Å². The minimum absolute atomic E-state index is 0. The Morgan fingerprint density at radius 1 is 1.31 bits per heavy atom. The Morgan fingerprint density at radius 3 is 2.81 bits per heavy atom. The van der Waals surface area contributed by atoms with Crippen LogP contribution >= 0.6 is 24.8 Å². The number of nitrogens with one attached hydrogen (secondary N) is 1. The monoisotopic (exact) mass is 400 g/mol. The molecular weight excluding hydrogens is 375 g/mol. The van der Waals surface area contributed by atoms with Gasteiger partial charge in [-0.05, 0) is 30.9 Å². The molecule has 0 aliphatic heterocycles. The van der Waals surface area contributed by atoms with Crippen LogP contribution in [0.5, 0.6) is 5.75 Å². The van der Waals surface area contributed by atoms with E-state index in [0.717, 1.165) is 19.3 Å². The van der Waals surface area contributed by atoms with Crippen LogP contribution in [0.15, 0.2) is 43.0 Å². The van der Waals surface area contributed by atoms with E-state index in [4.69, 9.17) is 10.5 Å². The average molecular weight is 401 g/mol. The SMILES string of the molecule is Cl.Cl.N[C@@H]1CCC[C@H]1CC(=O)Nc1ccccc1OCCn1ccnc1. The number of amides is 1. The molecule has 1 aliphatic rings. The molecule has 3 rings (SSSR count). The van der Waals surface area contributed by atoms with Crippen LogP contribution in [0.2, 0.25) is 0 Å². The Bertz CT molecular complexity index is 667. The van der Waals surface area contributed by atoms with Crippen molar-refractivity contribution in [1.29, 1.82) is 0 Å². The first-order chi connectivity index (χ1) is 11.7. The maximum Gasteiger partial charge on any atom is 0.224 e. The largest absolute Gasteiger partial charge is 0.490 e. The number of imidazole rings is 1. The molecule has 1 aromatic heterocycles. The molecule has 2 atom stereocenters. The third kappa shape index (κ3) is 6.20. The maximum atomic E-state index is 12.3. The van der Waals surface area contributed by atoms with E-state index in [0.29, 0.717) is 36.9 Å². The van der Waals surface area contributed by atoms with Crippen molar-refractivity contribution in [3.8, 4) is 5.75 Å². The highest BCUT2D eigenvalue weighted by Gasteiger charge is 2.26. The van der Waals surface area contributed by atoms with E-state index in [1.165, 1.54) is 0 Å². The zero-order valence-corrected chi connectivity index (χ0v) is 16.2. The van der Waals surface area contributed by atoms with E-state index in [2.05, 4.69) is 10.3 Å². The molecule has 3 N–H and O–H groups in total. The van der Waals surface area contributed by atoms with Crippen molar-refractivity contribution in [3.05, 3.63) is 43.0 Å². The van der Waals surface area contributed by atoms with Gasteiger partial charge in [0, 0.05) is 24.9 Å². The number of rotatable bonds is 7. The highest BCUT2D eigenvalue weighted by Crippen LogP contribution is 2.28. The van der Waals surface area contributed by atoms with Crippen molar-refractivity contribution in [3.63, 3.8) is 0 Å². The first kappa shape index (κ1) is 22.3. The van der Waals surface area contributed by atoms with Crippen LogP contribution in [0.1, 0.15) is 25.7 Å². The molecule has 144 valence electrons. The smallest absolute Gasteiger partial charge is 0.224 e. The van der Waals surface area contributed by atoms with E-state index in [1.807, 2.05) is 35.0 Å². The molecular formula is C18H26Cl2N4O2. The summed E-state index contributed by atoms with van der Waals surface area (Å²) >= 11 is 0. The zero-order chi connectivity index (χ0) is 16.8. The lowest BCUT2D eigenvalue weighted by Gasteiger charge is -2.16. The Hall–Kier alpha value is -1.76. The third-order valence-electron chi connectivity index (χ3n) is 4.49. The summed E-state index contributed by atoms with van der Waals surface area (Å²) in [6, 6.07) is 7.66. The summed E-state index contributed by atoms with van der Waals surface area (Å²) in [4.78, 5) is 16.3. The van der Waals surface area contributed by atoms with Gasteiger partial charge >= 0.3 is 0 Å². The summed E-state index contributed by atoms with van der Waals surface area (Å²) in [7, 11) is 0. The van der Waals surface area contributed by atoms with Crippen molar-refractivity contribution in [1.82, 2.24) is 9.55 Å². The topological polar surface area (TPSA) is 82.2 Å².